The molecule has 18 heavy (non-hydrogen) atoms. The van der Waals surface area contributed by atoms with Crippen molar-refractivity contribution in [2.75, 3.05) is 0 Å². The Balaban J connectivity index is 2.29. The third-order valence-corrected chi connectivity index (χ3v) is 4.18. The average Bonchev–Trinajstić information content (AvgIpc) is 2.77. The minimum atomic E-state index is 0.115. The molecule has 0 fully saturated rings. The van der Waals surface area contributed by atoms with E-state index in [4.69, 9.17) is 5.73 Å². The molecule has 1 nitrogen and oxygen atoms in total. The number of rotatable bonds is 2. The third-order valence-electron chi connectivity index (χ3n) is 3.18. The molecular formula is C16H21NS. The SMILES string of the molecule is CC(N)c1csc(-c2ccc(C(C)(C)C)cc2)c1. The van der Waals surface area contributed by atoms with Gasteiger partial charge in [-0.25, -0.2) is 0 Å². The monoisotopic (exact) mass is 259 g/mol. The van der Waals surface area contributed by atoms with Gasteiger partial charge in [-0.3, -0.25) is 0 Å². The molecule has 0 aliphatic carbocycles. The quantitative estimate of drug-likeness (QED) is 0.828. The molecule has 1 aromatic heterocycles. The number of hydrogen-bond donors (Lipinski definition) is 1. The lowest BCUT2D eigenvalue weighted by Gasteiger charge is -2.18. The van der Waals surface area contributed by atoms with Crippen LogP contribution in [0.15, 0.2) is 35.7 Å². The summed E-state index contributed by atoms with van der Waals surface area (Å²) in [6, 6.07) is 11.2. The van der Waals surface area contributed by atoms with Crippen molar-refractivity contribution in [1.82, 2.24) is 0 Å². The van der Waals surface area contributed by atoms with E-state index >= 15 is 0 Å². The first-order valence-electron chi connectivity index (χ1n) is 6.33. The summed E-state index contributed by atoms with van der Waals surface area (Å²) in [6.45, 7) is 8.73. The highest BCUT2D eigenvalue weighted by Gasteiger charge is 2.13. The molecule has 0 amide bonds. The van der Waals surface area contributed by atoms with Gasteiger partial charge in [0.1, 0.15) is 0 Å². The van der Waals surface area contributed by atoms with E-state index in [1.807, 2.05) is 6.92 Å². The largest absolute Gasteiger partial charge is 0.324 e. The Kier molecular flexibility index (Phi) is 3.60. The predicted molar refractivity (Wildman–Crippen MR) is 81.1 cm³/mol. The van der Waals surface area contributed by atoms with Crippen molar-refractivity contribution in [1.29, 1.82) is 0 Å². The lowest BCUT2D eigenvalue weighted by atomic mass is 9.86. The second-order valence-electron chi connectivity index (χ2n) is 5.86. The summed E-state index contributed by atoms with van der Waals surface area (Å²) in [7, 11) is 0. The van der Waals surface area contributed by atoms with Crippen LogP contribution in [0.2, 0.25) is 0 Å². The van der Waals surface area contributed by atoms with Gasteiger partial charge in [0.25, 0.3) is 0 Å². The average molecular weight is 259 g/mol. The number of hydrogen-bond acceptors (Lipinski definition) is 2. The lowest BCUT2D eigenvalue weighted by Crippen LogP contribution is -2.10. The molecule has 0 aliphatic heterocycles. The molecule has 0 bridgehead atoms. The molecule has 2 aromatic rings. The Morgan fingerprint density at radius 3 is 2.17 bits per heavy atom. The highest BCUT2D eigenvalue weighted by molar-refractivity contribution is 7.13. The molecule has 96 valence electrons. The summed E-state index contributed by atoms with van der Waals surface area (Å²) in [5, 5.41) is 2.15. The first-order chi connectivity index (χ1) is 8.38. The fourth-order valence-electron chi connectivity index (χ4n) is 1.88. The molecule has 1 heterocycles. The highest BCUT2D eigenvalue weighted by Crippen LogP contribution is 2.31. The summed E-state index contributed by atoms with van der Waals surface area (Å²) >= 11 is 1.76. The first-order valence-corrected chi connectivity index (χ1v) is 7.21. The zero-order valence-corrected chi connectivity index (χ0v) is 12.3. The Hall–Kier alpha value is -1.12. The van der Waals surface area contributed by atoms with Crippen molar-refractivity contribution in [2.24, 2.45) is 5.73 Å². The Morgan fingerprint density at radius 2 is 1.72 bits per heavy atom. The third kappa shape index (κ3) is 2.82. The van der Waals surface area contributed by atoms with Crippen LogP contribution in [-0.4, -0.2) is 0 Å². The summed E-state index contributed by atoms with van der Waals surface area (Å²) in [5.41, 5.74) is 9.97. The molecule has 2 heteroatoms. The Labute approximate surface area is 114 Å². The van der Waals surface area contributed by atoms with Gasteiger partial charge in [-0.1, -0.05) is 45.0 Å². The van der Waals surface area contributed by atoms with E-state index in [0.717, 1.165) is 0 Å². The molecule has 1 unspecified atom stereocenters. The van der Waals surface area contributed by atoms with Crippen molar-refractivity contribution in [2.45, 2.75) is 39.2 Å². The van der Waals surface area contributed by atoms with E-state index in [2.05, 4.69) is 56.5 Å². The van der Waals surface area contributed by atoms with Crippen LogP contribution in [-0.2, 0) is 5.41 Å². The summed E-state index contributed by atoms with van der Waals surface area (Å²) in [4.78, 5) is 1.29. The normalized spacial score (nSPS) is 13.6. The van der Waals surface area contributed by atoms with Crippen LogP contribution in [0.3, 0.4) is 0 Å². The summed E-state index contributed by atoms with van der Waals surface area (Å²) in [6.07, 6.45) is 0. The van der Waals surface area contributed by atoms with E-state index in [1.54, 1.807) is 11.3 Å². The van der Waals surface area contributed by atoms with Crippen LogP contribution >= 0.6 is 11.3 Å². The summed E-state index contributed by atoms with van der Waals surface area (Å²) in [5.74, 6) is 0. The van der Waals surface area contributed by atoms with Gasteiger partial charge in [-0.2, -0.15) is 0 Å². The highest BCUT2D eigenvalue weighted by atomic mass is 32.1. The fraction of sp³-hybridized carbons (Fsp3) is 0.375. The van der Waals surface area contributed by atoms with Crippen molar-refractivity contribution < 1.29 is 0 Å². The van der Waals surface area contributed by atoms with Gasteiger partial charge >= 0.3 is 0 Å². The van der Waals surface area contributed by atoms with Crippen LogP contribution < -0.4 is 5.73 Å². The van der Waals surface area contributed by atoms with E-state index in [-0.39, 0.29) is 11.5 Å². The van der Waals surface area contributed by atoms with Gasteiger partial charge in [-0.05, 0) is 40.5 Å². The van der Waals surface area contributed by atoms with Gasteiger partial charge in [0.05, 0.1) is 0 Å². The van der Waals surface area contributed by atoms with Crippen molar-refractivity contribution in [3.05, 3.63) is 46.8 Å². The topological polar surface area (TPSA) is 26.0 Å². The van der Waals surface area contributed by atoms with Crippen molar-refractivity contribution in [3.63, 3.8) is 0 Å². The number of nitrogens with two attached hydrogens (primary N) is 1. The van der Waals surface area contributed by atoms with Crippen LogP contribution in [0.4, 0.5) is 0 Å². The van der Waals surface area contributed by atoms with Crippen LogP contribution in [0.25, 0.3) is 10.4 Å². The van der Waals surface area contributed by atoms with Crippen LogP contribution in [0.1, 0.15) is 44.9 Å². The molecule has 0 radical (unpaired) electrons. The van der Waals surface area contributed by atoms with Gasteiger partial charge in [0, 0.05) is 10.9 Å². The zero-order chi connectivity index (χ0) is 13.3. The second kappa shape index (κ2) is 4.87. The molecule has 1 atom stereocenters. The zero-order valence-electron chi connectivity index (χ0n) is 11.5. The maximum Gasteiger partial charge on any atom is 0.0346 e. The minimum Gasteiger partial charge on any atom is -0.324 e. The first kappa shape index (κ1) is 13.3. The number of benzene rings is 1. The Morgan fingerprint density at radius 1 is 1.11 bits per heavy atom. The molecule has 0 aliphatic rings. The predicted octanol–water partition coefficient (Wildman–Crippen LogP) is 4.73. The number of thiophene rings is 1. The van der Waals surface area contributed by atoms with Gasteiger partial charge < -0.3 is 5.73 Å². The van der Waals surface area contributed by atoms with E-state index < -0.39 is 0 Å². The molecule has 2 rings (SSSR count). The molecule has 0 saturated carbocycles. The Bertz CT molecular complexity index is 515. The van der Waals surface area contributed by atoms with Gasteiger partial charge in [0.15, 0.2) is 0 Å². The molecular weight excluding hydrogens is 238 g/mol. The van der Waals surface area contributed by atoms with Crippen molar-refractivity contribution >= 4 is 11.3 Å². The smallest absolute Gasteiger partial charge is 0.0346 e. The molecule has 2 N–H and O–H groups in total. The van der Waals surface area contributed by atoms with Crippen LogP contribution in [0, 0.1) is 0 Å². The van der Waals surface area contributed by atoms with Gasteiger partial charge in [-0.15, -0.1) is 11.3 Å². The van der Waals surface area contributed by atoms with Crippen LogP contribution in [0.5, 0.6) is 0 Å². The molecule has 0 saturated heterocycles. The standard InChI is InChI=1S/C16H21NS/c1-11(17)13-9-15(18-10-13)12-5-7-14(8-6-12)16(2,3)4/h5-11H,17H2,1-4H3. The van der Waals surface area contributed by atoms with Gasteiger partial charge in [0.2, 0.25) is 0 Å². The summed E-state index contributed by atoms with van der Waals surface area (Å²) < 4.78 is 0. The molecule has 1 aromatic carbocycles. The van der Waals surface area contributed by atoms with Crippen molar-refractivity contribution in [3.8, 4) is 10.4 Å². The maximum absolute atomic E-state index is 5.89. The maximum atomic E-state index is 5.89. The van der Waals surface area contributed by atoms with E-state index in [0.29, 0.717) is 0 Å². The van der Waals surface area contributed by atoms with E-state index in [1.165, 1.54) is 21.6 Å². The minimum absolute atomic E-state index is 0.115. The lowest BCUT2D eigenvalue weighted by molar-refractivity contribution is 0.590. The fourth-order valence-corrected chi connectivity index (χ4v) is 2.90. The second-order valence-corrected chi connectivity index (χ2v) is 6.77. The van der Waals surface area contributed by atoms with E-state index in [9.17, 15) is 0 Å². The molecule has 0 spiro atoms.